The number of pyridine rings is 3. The second-order valence-electron chi connectivity index (χ2n) is 9.76. The summed E-state index contributed by atoms with van der Waals surface area (Å²) in [4.78, 5) is 14.5. The molecule has 4 heterocycles. The van der Waals surface area contributed by atoms with Crippen LogP contribution >= 0.6 is 0 Å². The molecule has 0 saturated carbocycles. The van der Waals surface area contributed by atoms with Crippen LogP contribution in [0.2, 0.25) is 0 Å². The van der Waals surface area contributed by atoms with E-state index in [-0.39, 0.29) is 0 Å². The molecule has 182 valence electrons. The van der Waals surface area contributed by atoms with Crippen molar-refractivity contribution in [3.05, 3.63) is 134 Å². The van der Waals surface area contributed by atoms with Gasteiger partial charge in [-0.3, -0.25) is 9.55 Å². The Morgan fingerprint density at radius 1 is 0.462 bits per heavy atom. The minimum Gasteiger partial charge on any atom is -0.292 e. The molecule has 8 aromatic rings. The van der Waals surface area contributed by atoms with E-state index in [0.29, 0.717) is 0 Å². The fraction of sp³-hybridized carbons (Fsp3) is 0. The molecular formula is C35H22N4. The molecule has 0 amide bonds. The summed E-state index contributed by atoms with van der Waals surface area (Å²) >= 11 is 0. The quantitative estimate of drug-likeness (QED) is 0.229. The minimum absolute atomic E-state index is 0.830. The summed E-state index contributed by atoms with van der Waals surface area (Å²) in [5, 5.41) is 7.33. The van der Waals surface area contributed by atoms with Gasteiger partial charge >= 0.3 is 0 Å². The van der Waals surface area contributed by atoms with Gasteiger partial charge < -0.3 is 0 Å². The first kappa shape index (κ1) is 21.7. The Labute approximate surface area is 224 Å². The molecule has 4 heteroatoms. The summed E-state index contributed by atoms with van der Waals surface area (Å²) in [6, 6.07) is 42.2. The van der Waals surface area contributed by atoms with Gasteiger partial charge in [0.1, 0.15) is 5.82 Å². The third kappa shape index (κ3) is 3.50. The molecule has 0 bridgehead atoms. The highest BCUT2D eigenvalue weighted by molar-refractivity contribution is 6.09. The van der Waals surface area contributed by atoms with Gasteiger partial charge in [0.05, 0.1) is 34.3 Å². The fourth-order valence-corrected chi connectivity index (χ4v) is 5.67. The maximum atomic E-state index is 5.08. The van der Waals surface area contributed by atoms with Crippen LogP contribution in [-0.2, 0) is 0 Å². The number of para-hydroxylation sites is 1. The predicted octanol–water partition coefficient (Wildman–Crippen LogP) is 8.61. The average Bonchev–Trinajstić information content (AvgIpc) is 3.35. The normalized spacial score (nSPS) is 11.6. The number of hydrogen-bond donors (Lipinski definition) is 0. The summed E-state index contributed by atoms with van der Waals surface area (Å²) < 4.78 is 2.18. The average molecular weight is 499 g/mol. The van der Waals surface area contributed by atoms with E-state index in [0.717, 1.165) is 44.9 Å². The fourth-order valence-electron chi connectivity index (χ4n) is 5.67. The monoisotopic (exact) mass is 498 g/mol. The zero-order chi connectivity index (χ0) is 25.8. The lowest BCUT2D eigenvalue weighted by molar-refractivity contribution is 1.07. The van der Waals surface area contributed by atoms with Crippen molar-refractivity contribution < 1.29 is 0 Å². The Morgan fingerprint density at radius 3 is 2.13 bits per heavy atom. The number of hydrogen-bond acceptors (Lipinski definition) is 3. The number of fused-ring (bicyclic) bond motifs is 6. The van der Waals surface area contributed by atoms with Crippen molar-refractivity contribution in [1.29, 1.82) is 0 Å². The molecule has 39 heavy (non-hydrogen) atoms. The number of benzene rings is 4. The SMILES string of the molecule is c1cc(-c2ccc3c(ccc4ccccc43)c2)nc(-c2cccc(-n3c4ccccc4c4ccncc43)n2)c1. The molecule has 0 fully saturated rings. The first-order chi connectivity index (χ1) is 19.3. The molecule has 4 aromatic carbocycles. The van der Waals surface area contributed by atoms with Gasteiger partial charge in [0, 0.05) is 22.5 Å². The van der Waals surface area contributed by atoms with Crippen LogP contribution in [0, 0.1) is 0 Å². The molecule has 0 N–H and O–H groups in total. The van der Waals surface area contributed by atoms with Gasteiger partial charge in [-0.05, 0) is 64.0 Å². The van der Waals surface area contributed by atoms with Crippen LogP contribution < -0.4 is 0 Å². The van der Waals surface area contributed by atoms with Crippen LogP contribution in [0.1, 0.15) is 0 Å². The molecule has 8 rings (SSSR count). The smallest absolute Gasteiger partial charge is 0.138 e. The Morgan fingerprint density at radius 2 is 1.18 bits per heavy atom. The second kappa shape index (κ2) is 8.61. The molecule has 0 aliphatic heterocycles. The van der Waals surface area contributed by atoms with E-state index < -0.39 is 0 Å². The van der Waals surface area contributed by atoms with E-state index in [1.807, 2.05) is 36.7 Å². The van der Waals surface area contributed by atoms with Crippen molar-refractivity contribution in [3.63, 3.8) is 0 Å². The maximum absolute atomic E-state index is 5.08. The Bertz CT molecular complexity index is 2140. The number of rotatable bonds is 3. The topological polar surface area (TPSA) is 43.6 Å². The predicted molar refractivity (Wildman–Crippen MR) is 160 cm³/mol. The summed E-state index contributed by atoms with van der Waals surface area (Å²) in [6.07, 6.45) is 3.75. The standard InChI is InChI=1S/C35H22N4/c1-2-8-26-23(7-1)15-16-24-21-25(17-18-27(24)26)30-10-5-11-31(37-30)32-12-6-14-35(38-32)39-33-13-4-3-9-28(33)29-19-20-36-22-34(29)39/h1-22H. The summed E-state index contributed by atoms with van der Waals surface area (Å²) in [5.41, 5.74) is 5.83. The largest absolute Gasteiger partial charge is 0.292 e. The highest BCUT2D eigenvalue weighted by Crippen LogP contribution is 2.32. The van der Waals surface area contributed by atoms with Crippen molar-refractivity contribution in [2.24, 2.45) is 0 Å². The maximum Gasteiger partial charge on any atom is 0.138 e. The first-order valence-electron chi connectivity index (χ1n) is 13.0. The van der Waals surface area contributed by atoms with Crippen LogP contribution in [0.5, 0.6) is 0 Å². The molecule has 0 atom stereocenters. The lowest BCUT2D eigenvalue weighted by atomic mass is 9.99. The Hall–Kier alpha value is -5.35. The van der Waals surface area contributed by atoms with Gasteiger partial charge in [0.15, 0.2) is 0 Å². The summed E-state index contributed by atoms with van der Waals surface area (Å²) in [6.45, 7) is 0. The van der Waals surface area contributed by atoms with Gasteiger partial charge in [-0.1, -0.05) is 78.9 Å². The van der Waals surface area contributed by atoms with Crippen molar-refractivity contribution in [1.82, 2.24) is 19.5 Å². The number of aromatic nitrogens is 4. The second-order valence-corrected chi connectivity index (χ2v) is 9.76. The van der Waals surface area contributed by atoms with Gasteiger partial charge in [-0.2, -0.15) is 0 Å². The Kier molecular flexibility index (Phi) is 4.79. The van der Waals surface area contributed by atoms with Gasteiger partial charge in [-0.15, -0.1) is 0 Å². The van der Waals surface area contributed by atoms with Gasteiger partial charge in [-0.25, -0.2) is 9.97 Å². The lowest BCUT2D eigenvalue weighted by Crippen LogP contribution is -1.99. The lowest BCUT2D eigenvalue weighted by Gasteiger charge is -2.10. The summed E-state index contributed by atoms with van der Waals surface area (Å²) in [5.74, 6) is 0.844. The molecular weight excluding hydrogens is 476 g/mol. The van der Waals surface area contributed by atoms with Crippen LogP contribution in [0.25, 0.3) is 71.8 Å². The minimum atomic E-state index is 0.830. The van der Waals surface area contributed by atoms with E-state index in [4.69, 9.17) is 9.97 Å². The third-order valence-electron chi connectivity index (χ3n) is 7.49. The van der Waals surface area contributed by atoms with Crippen molar-refractivity contribution in [3.8, 4) is 28.5 Å². The molecule has 0 spiro atoms. The van der Waals surface area contributed by atoms with E-state index in [1.54, 1.807) is 0 Å². The molecule has 0 radical (unpaired) electrons. The van der Waals surface area contributed by atoms with Crippen LogP contribution in [0.3, 0.4) is 0 Å². The molecule has 4 nitrogen and oxygen atoms in total. The van der Waals surface area contributed by atoms with E-state index in [2.05, 4.69) is 107 Å². The van der Waals surface area contributed by atoms with Crippen molar-refractivity contribution in [2.75, 3.05) is 0 Å². The Balaban J connectivity index is 1.24. The van der Waals surface area contributed by atoms with Crippen LogP contribution in [0.15, 0.2) is 134 Å². The van der Waals surface area contributed by atoms with Gasteiger partial charge in [0.2, 0.25) is 0 Å². The van der Waals surface area contributed by atoms with Crippen LogP contribution in [-0.4, -0.2) is 19.5 Å². The molecule has 4 aromatic heterocycles. The third-order valence-corrected chi connectivity index (χ3v) is 7.49. The van der Waals surface area contributed by atoms with E-state index in [9.17, 15) is 0 Å². The van der Waals surface area contributed by atoms with E-state index >= 15 is 0 Å². The first-order valence-corrected chi connectivity index (χ1v) is 13.0. The molecule has 0 unspecified atom stereocenters. The summed E-state index contributed by atoms with van der Waals surface area (Å²) in [7, 11) is 0. The van der Waals surface area contributed by atoms with Gasteiger partial charge in [0.25, 0.3) is 0 Å². The molecule has 0 saturated heterocycles. The number of nitrogens with zero attached hydrogens (tertiary/aromatic N) is 4. The highest BCUT2D eigenvalue weighted by atomic mass is 15.1. The highest BCUT2D eigenvalue weighted by Gasteiger charge is 2.14. The zero-order valence-electron chi connectivity index (χ0n) is 21.0. The van der Waals surface area contributed by atoms with Crippen LogP contribution in [0.4, 0.5) is 0 Å². The van der Waals surface area contributed by atoms with E-state index in [1.165, 1.54) is 26.9 Å². The molecule has 0 aliphatic rings. The zero-order valence-corrected chi connectivity index (χ0v) is 21.0. The van der Waals surface area contributed by atoms with Crippen molar-refractivity contribution >= 4 is 43.4 Å². The molecule has 0 aliphatic carbocycles. The van der Waals surface area contributed by atoms with Crippen molar-refractivity contribution in [2.45, 2.75) is 0 Å².